The van der Waals surface area contributed by atoms with Crippen molar-refractivity contribution in [3.05, 3.63) is 35.9 Å². The van der Waals surface area contributed by atoms with Crippen molar-refractivity contribution in [2.75, 3.05) is 6.61 Å². The Labute approximate surface area is 168 Å². The first-order chi connectivity index (χ1) is 13.3. The van der Waals surface area contributed by atoms with Gasteiger partial charge in [-0.1, -0.05) is 42.1 Å². The summed E-state index contributed by atoms with van der Waals surface area (Å²) in [6, 6.07) is 8.20. The molecule has 1 aromatic carbocycles. The first-order valence-corrected chi connectivity index (χ1v) is 9.95. The zero-order valence-corrected chi connectivity index (χ0v) is 16.9. The van der Waals surface area contributed by atoms with Gasteiger partial charge in [0, 0.05) is 0 Å². The van der Waals surface area contributed by atoms with E-state index in [1.165, 1.54) is 0 Å². The Balaban J connectivity index is 2.05. The van der Waals surface area contributed by atoms with Gasteiger partial charge in [-0.05, 0) is 39.2 Å². The lowest BCUT2D eigenvalue weighted by Gasteiger charge is -2.25. The highest BCUT2D eigenvalue weighted by Gasteiger charge is 2.38. The number of carbonyl (C=O) groups is 3. The molecule has 0 fully saturated rings. The highest BCUT2D eigenvalue weighted by atomic mass is 32.2. The Morgan fingerprint density at radius 1 is 1.32 bits per heavy atom. The summed E-state index contributed by atoms with van der Waals surface area (Å²) in [5.74, 6) is -2.09. The van der Waals surface area contributed by atoms with Crippen molar-refractivity contribution >= 4 is 34.7 Å². The van der Waals surface area contributed by atoms with E-state index in [2.05, 4.69) is 10.4 Å². The molecule has 0 aliphatic carbocycles. The zero-order valence-electron chi connectivity index (χ0n) is 16.1. The number of hydrogen-bond acceptors (Lipinski definition) is 7. The van der Waals surface area contributed by atoms with Gasteiger partial charge in [0.05, 0.1) is 17.7 Å². The third kappa shape index (κ3) is 5.80. The summed E-state index contributed by atoms with van der Waals surface area (Å²) in [7, 11) is 0. The van der Waals surface area contributed by atoms with Gasteiger partial charge in [0.1, 0.15) is 6.04 Å². The normalized spacial score (nSPS) is 18.3. The molecule has 0 saturated carbocycles. The molecule has 2 N–H and O–H groups in total. The fourth-order valence-corrected chi connectivity index (χ4v) is 3.61. The van der Waals surface area contributed by atoms with Gasteiger partial charge in [0.2, 0.25) is 5.37 Å². The van der Waals surface area contributed by atoms with Crippen LogP contribution in [0.2, 0.25) is 0 Å². The van der Waals surface area contributed by atoms with E-state index in [1.54, 1.807) is 20.8 Å². The van der Waals surface area contributed by atoms with Crippen LogP contribution in [0.3, 0.4) is 0 Å². The number of aliphatic carboxylic acids is 1. The van der Waals surface area contributed by atoms with Gasteiger partial charge >= 0.3 is 11.9 Å². The number of amides is 1. The number of esters is 1. The second kappa shape index (κ2) is 10.2. The SMILES string of the molecule is CCOC(=O)[C@H](CCc1ccccc1)N[C@@H](C)C(=O)N1N=C(C)SC1C(=O)O. The van der Waals surface area contributed by atoms with Crippen LogP contribution in [-0.2, 0) is 25.5 Å². The number of benzene rings is 1. The van der Waals surface area contributed by atoms with Crippen LogP contribution in [0.25, 0.3) is 0 Å². The third-order valence-corrected chi connectivity index (χ3v) is 5.19. The first kappa shape index (κ1) is 21.9. The van der Waals surface area contributed by atoms with Gasteiger partial charge < -0.3 is 9.84 Å². The lowest BCUT2D eigenvalue weighted by molar-refractivity contribution is -0.149. The van der Waals surface area contributed by atoms with Crippen molar-refractivity contribution in [1.29, 1.82) is 0 Å². The third-order valence-electron chi connectivity index (χ3n) is 4.15. The second-order valence-corrected chi connectivity index (χ2v) is 7.60. The van der Waals surface area contributed by atoms with Crippen LogP contribution >= 0.6 is 11.8 Å². The monoisotopic (exact) mass is 407 g/mol. The molecule has 1 aliphatic rings. The number of nitrogens with zero attached hydrogens (tertiary/aromatic N) is 2. The average Bonchev–Trinajstić information content (AvgIpc) is 3.07. The topological polar surface area (TPSA) is 108 Å². The van der Waals surface area contributed by atoms with E-state index in [0.29, 0.717) is 17.9 Å². The van der Waals surface area contributed by atoms with E-state index in [0.717, 1.165) is 22.3 Å². The second-order valence-electron chi connectivity index (χ2n) is 6.33. The molecular formula is C19H25N3O5S. The molecule has 0 radical (unpaired) electrons. The standard InChI is InChI=1S/C19H25N3O5S/c1-4-27-19(26)15(11-10-14-8-6-5-7-9-14)20-12(2)16(23)22-17(18(24)25)28-13(3)21-22/h5-9,12,15,17,20H,4,10-11H2,1-3H3,(H,24,25)/t12-,15-,17?/m0/s1. The first-order valence-electron chi connectivity index (χ1n) is 9.07. The molecule has 0 aromatic heterocycles. The number of hydrazone groups is 1. The maximum atomic E-state index is 12.7. The number of ether oxygens (including phenoxy) is 1. The number of nitrogens with one attached hydrogen (secondary N) is 1. The molecule has 1 heterocycles. The van der Waals surface area contributed by atoms with E-state index >= 15 is 0 Å². The van der Waals surface area contributed by atoms with Crippen LogP contribution in [-0.4, -0.2) is 57.1 Å². The fraction of sp³-hybridized carbons (Fsp3) is 0.474. The summed E-state index contributed by atoms with van der Waals surface area (Å²) in [6.45, 7) is 5.19. The number of carboxylic acids is 1. The van der Waals surface area contributed by atoms with Crippen LogP contribution in [0.1, 0.15) is 32.8 Å². The molecule has 2 rings (SSSR count). The maximum absolute atomic E-state index is 12.7. The molecular weight excluding hydrogens is 382 g/mol. The van der Waals surface area contributed by atoms with Gasteiger partial charge in [0.15, 0.2) is 0 Å². The largest absolute Gasteiger partial charge is 0.479 e. The van der Waals surface area contributed by atoms with Gasteiger partial charge in [-0.15, -0.1) is 0 Å². The minimum Gasteiger partial charge on any atom is -0.479 e. The molecule has 0 bridgehead atoms. The number of rotatable bonds is 9. The molecule has 0 spiro atoms. The zero-order chi connectivity index (χ0) is 20.7. The van der Waals surface area contributed by atoms with Crippen molar-refractivity contribution < 1.29 is 24.2 Å². The number of aryl methyl sites for hydroxylation is 1. The van der Waals surface area contributed by atoms with E-state index in [9.17, 15) is 19.5 Å². The minimum atomic E-state index is -1.14. The van der Waals surface area contributed by atoms with Gasteiger partial charge in [-0.25, -0.2) is 9.80 Å². The minimum absolute atomic E-state index is 0.234. The Hall–Kier alpha value is -2.39. The fourth-order valence-electron chi connectivity index (χ4n) is 2.80. The number of carbonyl (C=O) groups excluding carboxylic acids is 2. The molecule has 1 unspecified atom stereocenters. The molecule has 152 valence electrons. The van der Waals surface area contributed by atoms with Crippen LogP contribution in [0.5, 0.6) is 0 Å². The summed E-state index contributed by atoms with van der Waals surface area (Å²) in [5, 5.41) is 16.7. The van der Waals surface area contributed by atoms with Crippen LogP contribution in [0, 0.1) is 0 Å². The predicted octanol–water partition coefficient (Wildman–Crippen LogP) is 1.85. The van der Waals surface area contributed by atoms with Crippen molar-refractivity contribution in [3.8, 4) is 0 Å². The predicted molar refractivity (Wildman–Crippen MR) is 107 cm³/mol. The molecule has 3 atom stereocenters. The summed E-state index contributed by atoms with van der Waals surface area (Å²) in [4.78, 5) is 36.4. The van der Waals surface area contributed by atoms with Crippen LogP contribution in [0.15, 0.2) is 35.4 Å². The molecule has 1 aliphatic heterocycles. The van der Waals surface area contributed by atoms with Crippen molar-refractivity contribution in [1.82, 2.24) is 10.3 Å². The average molecular weight is 407 g/mol. The van der Waals surface area contributed by atoms with E-state index in [1.807, 2.05) is 30.3 Å². The Kier molecular flexibility index (Phi) is 8.01. The lowest BCUT2D eigenvalue weighted by atomic mass is 10.0. The smallest absolute Gasteiger partial charge is 0.339 e. The Morgan fingerprint density at radius 3 is 2.61 bits per heavy atom. The number of hydrogen-bond donors (Lipinski definition) is 2. The van der Waals surface area contributed by atoms with E-state index < -0.39 is 35.3 Å². The molecule has 1 amide bonds. The van der Waals surface area contributed by atoms with Gasteiger partial charge in [-0.2, -0.15) is 5.10 Å². The van der Waals surface area contributed by atoms with Crippen molar-refractivity contribution in [2.24, 2.45) is 5.10 Å². The van der Waals surface area contributed by atoms with Crippen LogP contribution < -0.4 is 5.32 Å². The van der Waals surface area contributed by atoms with E-state index in [-0.39, 0.29) is 6.61 Å². The molecule has 0 saturated heterocycles. The van der Waals surface area contributed by atoms with Crippen molar-refractivity contribution in [2.45, 2.75) is 51.1 Å². The highest BCUT2D eigenvalue weighted by molar-refractivity contribution is 8.15. The summed E-state index contributed by atoms with van der Waals surface area (Å²) in [5.41, 5.74) is 1.07. The molecule has 1 aromatic rings. The molecule has 9 heteroatoms. The van der Waals surface area contributed by atoms with E-state index in [4.69, 9.17) is 4.74 Å². The lowest BCUT2D eigenvalue weighted by Crippen LogP contribution is -2.52. The van der Waals surface area contributed by atoms with Gasteiger partial charge in [-0.3, -0.25) is 14.9 Å². The summed E-state index contributed by atoms with van der Waals surface area (Å²) >= 11 is 1.00. The molecule has 8 nitrogen and oxygen atoms in total. The molecule has 28 heavy (non-hydrogen) atoms. The van der Waals surface area contributed by atoms with Crippen molar-refractivity contribution in [3.63, 3.8) is 0 Å². The summed E-state index contributed by atoms with van der Waals surface area (Å²) in [6.07, 6.45) is 1.08. The Morgan fingerprint density at radius 2 is 2.00 bits per heavy atom. The number of thioether (sulfide) groups is 1. The number of carboxylic acid groups (broad SMARTS) is 1. The highest BCUT2D eigenvalue weighted by Crippen LogP contribution is 2.26. The summed E-state index contributed by atoms with van der Waals surface area (Å²) < 4.78 is 5.12. The maximum Gasteiger partial charge on any atom is 0.339 e. The van der Waals surface area contributed by atoms with Gasteiger partial charge in [0.25, 0.3) is 5.91 Å². The quantitative estimate of drug-likeness (QED) is 0.601. The Bertz CT molecular complexity index is 740. The van der Waals surface area contributed by atoms with Crippen LogP contribution in [0.4, 0.5) is 0 Å².